The molecule has 2 amide bonds. The van der Waals surface area contributed by atoms with Gasteiger partial charge in [-0.3, -0.25) is 14.4 Å². The summed E-state index contributed by atoms with van der Waals surface area (Å²) in [7, 11) is 0. The van der Waals surface area contributed by atoms with Gasteiger partial charge in [-0.05, 0) is 31.5 Å². The summed E-state index contributed by atoms with van der Waals surface area (Å²) in [6.07, 6.45) is 2.76. The molecule has 1 saturated heterocycles. The molecule has 142 valence electrons. The van der Waals surface area contributed by atoms with Crippen molar-refractivity contribution in [1.82, 2.24) is 20.0 Å². The van der Waals surface area contributed by atoms with Crippen LogP contribution in [0.1, 0.15) is 28.9 Å². The summed E-state index contributed by atoms with van der Waals surface area (Å²) in [6, 6.07) is 10.1. The van der Waals surface area contributed by atoms with Crippen molar-refractivity contribution in [3.05, 3.63) is 64.2 Å². The molecule has 2 N–H and O–H groups in total. The van der Waals surface area contributed by atoms with Gasteiger partial charge in [-0.15, -0.1) is 0 Å². The first-order valence-corrected chi connectivity index (χ1v) is 8.86. The molecule has 0 bridgehead atoms. The Morgan fingerprint density at radius 2 is 2.00 bits per heavy atom. The third-order valence-electron chi connectivity index (χ3n) is 4.65. The molecule has 1 aliphatic heterocycles. The highest BCUT2D eigenvalue weighted by Crippen LogP contribution is 2.29. The summed E-state index contributed by atoms with van der Waals surface area (Å²) >= 11 is 0. The van der Waals surface area contributed by atoms with E-state index in [1.807, 2.05) is 12.1 Å². The summed E-state index contributed by atoms with van der Waals surface area (Å²) in [5.74, 6) is 0.112. The lowest BCUT2D eigenvalue weighted by molar-refractivity contribution is -0.117. The van der Waals surface area contributed by atoms with Crippen LogP contribution in [0.15, 0.2) is 47.4 Å². The molecule has 1 aliphatic rings. The molecule has 9 nitrogen and oxygen atoms in total. The van der Waals surface area contributed by atoms with Gasteiger partial charge in [0.1, 0.15) is 0 Å². The maximum absolute atomic E-state index is 12.8. The Morgan fingerprint density at radius 3 is 2.71 bits per heavy atom. The Bertz CT molecular complexity index is 1100. The molecule has 0 atom stereocenters. The van der Waals surface area contributed by atoms with Crippen LogP contribution in [0, 0.1) is 6.92 Å². The van der Waals surface area contributed by atoms with Gasteiger partial charge in [-0.1, -0.05) is 12.1 Å². The van der Waals surface area contributed by atoms with E-state index in [9.17, 15) is 14.4 Å². The molecule has 3 aromatic rings. The second kappa shape index (κ2) is 7.10. The molecule has 1 fully saturated rings. The average Bonchev–Trinajstić information content (AvgIpc) is 3.28. The largest absolute Gasteiger partial charge is 0.320 e. The van der Waals surface area contributed by atoms with E-state index < -0.39 is 0 Å². The Kier molecular flexibility index (Phi) is 4.48. The third-order valence-corrected chi connectivity index (χ3v) is 4.65. The number of hydrogen-bond acceptors (Lipinski definition) is 5. The number of benzene rings is 1. The minimum atomic E-state index is -0.340. The zero-order valence-electron chi connectivity index (χ0n) is 15.2. The summed E-state index contributed by atoms with van der Waals surface area (Å²) in [5, 5.41) is 13.3. The van der Waals surface area contributed by atoms with Crippen LogP contribution in [0.3, 0.4) is 0 Å². The fourth-order valence-corrected chi connectivity index (χ4v) is 3.23. The number of nitrogens with zero attached hydrogens (tertiary/aromatic N) is 4. The van der Waals surface area contributed by atoms with Crippen molar-refractivity contribution in [1.29, 1.82) is 0 Å². The number of para-hydroxylation sites is 2. The van der Waals surface area contributed by atoms with Crippen LogP contribution >= 0.6 is 0 Å². The van der Waals surface area contributed by atoms with E-state index in [1.54, 1.807) is 24.0 Å². The fraction of sp³-hybridized carbons (Fsp3) is 0.211. The van der Waals surface area contributed by atoms with Crippen LogP contribution in [-0.4, -0.2) is 38.3 Å². The van der Waals surface area contributed by atoms with Crippen LogP contribution in [0.25, 0.3) is 5.82 Å². The van der Waals surface area contributed by atoms with Crippen LogP contribution in [0.4, 0.5) is 11.4 Å². The molecule has 3 heterocycles. The van der Waals surface area contributed by atoms with E-state index in [-0.39, 0.29) is 17.4 Å². The maximum atomic E-state index is 12.8. The molecule has 0 spiro atoms. The number of H-pyrrole nitrogens is 1. The lowest BCUT2D eigenvalue weighted by Crippen LogP contribution is -2.25. The zero-order valence-corrected chi connectivity index (χ0v) is 15.2. The first-order chi connectivity index (χ1) is 13.5. The van der Waals surface area contributed by atoms with Gasteiger partial charge in [0.2, 0.25) is 5.91 Å². The first-order valence-electron chi connectivity index (χ1n) is 8.86. The topological polar surface area (TPSA) is 113 Å². The van der Waals surface area contributed by atoms with E-state index >= 15 is 0 Å². The smallest absolute Gasteiger partial charge is 0.264 e. The van der Waals surface area contributed by atoms with Crippen LogP contribution in [0.2, 0.25) is 0 Å². The minimum absolute atomic E-state index is 0.0508. The highest BCUT2D eigenvalue weighted by molar-refractivity contribution is 6.08. The number of carbonyl (C=O) groups excluding carboxylic acids is 2. The number of hydrogen-bond donors (Lipinski definition) is 2. The van der Waals surface area contributed by atoms with Gasteiger partial charge in [0.05, 0.1) is 28.8 Å². The molecule has 1 aromatic carbocycles. The summed E-state index contributed by atoms with van der Waals surface area (Å²) in [6.45, 7) is 2.38. The monoisotopic (exact) mass is 378 g/mol. The number of aromatic nitrogens is 4. The third kappa shape index (κ3) is 3.18. The molecule has 0 aliphatic carbocycles. The normalized spacial score (nSPS) is 13.8. The number of anilines is 2. The van der Waals surface area contributed by atoms with E-state index in [0.717, 1.165) is 6.42 Å². The maximum Gasteiger partial charge on any atom is 0.264 e. The van der Waals surface area contributed by atoms with Crippen molar-refractivity contribution in [3.63, 3.8) is 0 Å². The van der Waals surface area contributed by atoms with Crippen molar-refractivity contribution in [2.75, 3.05) is 16.8 Å². The van der Waals surface area contributed by atoms with Crippen molar-refractivity contribution >= 4 is 23.2 Å². The number of amides is 2. The van der Waals surface area contributed by atoms with Crippen molar-refractivity contribution < 1.29 is 9.59 Å². The molecule has 0 unspecified atom stereocenters. The lowest BCUT2D eigenvalue weighted by Gasteiger charge is -2.19. The summed E-state index contributed by atoms with van der Waals surface area (Å²) in [4.78, 5) is 37.8. The van der Waals surface area contributed by atoms with E-state index in [1.165, 1.54) is 23.0 Å². The van der Waals surface area contributed by atoms with Crippen molar-refractivity contribution in [2.45, 2.75) is 19.8 Å². The summed E-state index contributed by atoms with van der Waals surface area (Å²) < 4.78 is 1.47. The quantitative estimate of drug-likeness (QED) is 0.717. The van der Waals surface area contributed by atoms with Gasteiger partial charge in [-0.2, -0.15) is 10.2 Å². The van der Waals surface area contributed by atoms with Crippen LogP contribution in [-0.2, 0) is 4.79 Å². The van der Waals surface area contributed by atoms with Gasteiger partial charge < -0.3 is 10.2 Å². The predicted molar refractivity (Wildman–Crippen MR) is 103 cm³/mol. The Balaban J connectivity index is 1.61. The van der Waals surface area contributed by atoms with Gasteiger partial charge in [0, 0.05) is 19.0 Å². The molecular formula is C19H18N6O3. The summed E-state index contributed by atoms with van der Waals surface area (Å²) in [5.41, 5.74) is 1.88. The first kappa shape index (κ1) is 17.7. The SMILES string of the molecule is Cc1c(C(=O)Nc2ccccc2N2CCCC2=O)cnn1-c1ccc(=O)[nH]n1. The minimum Gasteiger partial charge on any atom is -0.320 e. The Labute approximate surface area is 160 Å². The number of nitrogens with one attached hydrogen (secondary N) is 2. The van der Waals surface area contributed by atoms with Crippen molar-refractivity contribution in [3.8, 4) is 5.82 Å². The van der Waals surface area contributed by atoms with E-state index in [2.05, 4.69) is 20.6 Å². The average molecular weight is 378 g/mol. The lowest BCUT2D eigenvalue weighted by atomic mass is 10.2. The number of carbonyl (C=O) groups is 2. The number of rotatable bonds is 4. The molecule has 9 heteroatoms. The molecule has 4 rings (SSSR count). The fourth-order valence-electron chi connectivity index (χ4n) is 3.23. The Morgan fingerprint density at radius 1 is 1.18 bits per heavy atom. The van der Waals surface area contributed by atoms with Gasteiger partial charge in [-0.25, -0.2) is 9.78 Å². The molecule has 28 heavy (non-hydrogen) atoms. The number of aromatic amines is 1. The highest BCUT2D eigenvalue weighted by Gasteiger charge is 2.25. The van der Waals surface area contributed by atoms with Crippen molar-refractivity contribution in [2.24, 2.45) is 0 Å². The molecule has 0 saturated carbocycles. The molecular weight excluding hydrogens is 360 g/mol. The second-order valence-electron chi connectivity index (χ2n) is 6.46. The van der Waals surface area contributed by atoms with Crippen LogP contribution < -0.4 is 15.8 Å². The second-order valence-corrected chi connectivity index (χ2v) is 6.46. The predicted octanol–water partition coefficient (Wildman–Crippen LogP) is 1.64. The van der Waals surface area contributed by atoms with E-state index in [0.29, 0.717) is 41.4 Å². The molecule has 0 radical (unpaired) electrons. The standard InChI is InChI=1S/C19H18N6O3/c1-12-13(11-20-25(12)16-8-9-17(26)23-22-16)19(28)21-14-5-2-3-6-15(14)24-10-4-7-18(24)27/h2-3,5-6,8-9,11H,4,7,10H2,1H3,(H,21,28)(H,23,26). The zero-order chi connectivity index (χ0) is 19.7. The van der Waals surface area contributed by atoms with Gasteiger partial charge in [0.25, 0.3) is 11.5 Å². The van der Waals surface area contributed by atoms with Gasteiger partial charge >= 0.3 is 0 Å². The highest BCUT2D eigenvalue weighted by atomic mass is 16.2. The Hall–Kier alpha value is -3.75. The van der Waals surface area contributed by atoms with Gasteiger partial charge in [0.15, 0.2) is 5.82 Å². The van der Waals surface area contributed by atoms with Crippen LogP contribution in [0.5, 0.6) is 0 Å². The van der Waals surface area contributed by atoms with E-state index in [4.69, 9.17) is 0 Å². The molecule has 2 aromatic heterocycles.